The van der Waals surface area contributed by atoms with Crippen LogP contribution in [-0.4, -0.2) is 25.0 Å². The molecule has 0 radical (unpaired) electrons. The number of benzene rings is 2. The molecule has 0 fully saturated rings. The summed E-state index contributed by atoms with van der Waals surface area (Å²) in [4.78, 5) is 11.1. The van der Waals surface area contributed by atoms with E-state index in [-0.39, 0.29) is 10.5 Å². The van der Waals surface area contributed by atoms with Crippen LogP contribution in [0, 0.1) is 5.82 Å². The summed E-state index contributed by atoms with van der Waals surface area (Å²) in [7, 11) is -3.66. The molecule has 0 bridgehead atoms. The van der Waals surface area contributed by atoms with Crippen LogP contribution >= 0.6 is 0 Å². The highest BCUT2D eigenvalue weighted by atomic mass is 32.2. The molecule has 0 aliphatic carbocycles. The van der Waals surface area contributed by atoms with E-state index >= 15 is 0 Å². The molecule has 24 heavy (non-hydrogen) atoms. The lowest BCUT2D eigenvalue weighted by atomic mass is 10.0. The van der Waals surface area contributed by atoms with Gasteiger partial charge in [0.2, 0.25) is 10.0 Å². The fourth-order valence-electron chi connectivity index (χ4n) is 2.17. The summed E-state index contributed by atoms with van der Waals surface area (Å²) in [6.07, 6.45) is 0. The van der Waals surface area contributed by atoms with Gasteiger partial charge in [0, 0.05) is 5.54 Å². The third-order valence-corrected chi connectivity index (χ3v) is 4.86. The number of carboxylic acid groups (broad SMARTS) is 1. The van der Waals surface area contributed by atoms with Gasteiger partial charge in [-0.25, -0.2) is 22.3 Å². The minimum atomic E-state index is -3.66. The molecule has 0 amide bonds. The number of halogens is 1. The molecule has 0 aromatic heterocycles. The van der Waals surface area contributed by atoms with Crippen LogP contribution in [0.3, 0.4) is 0 Å². The number of carbonyl (C=O) groups is 1. The smallest absolute Gasteiger partial charge is 0.335 e. The van der Waals surface area contributed by atoms with Crippen LogP contribution in [0.5, 0.6) is 0 Å². The summed E-state index contributed by atoms with van der Waals surface area (Å²) in [5.41, 5.74) is 0.0964. The van der Waals surface area contributed by atoms with Crippen LogP contribution in [0.15, 0.2) is 47.4 Å². The van der Waals surface area contributed by atoms with Gasteiger partial charge < -0.3 is 5.11 Å². The van der Waals surface area contributed by atoms with Crippen molar-refractivity contribution < 1.29 is 22.7 Å². The van der Waals surface area contributed by atoms with E-state index in [1.165, 1.54) is 36.4 Å². The zero-order valence-electron chi connectivity index (χ0n) is 13.5. The Morgan fingerprint density at radius 2 is 1.62 bits per heavy atom. The van der Waals surface area contributed by atoms with Gasteiger partial charge in [-0.15, -0.1) is 0 Å². The molecule has 2 aromatic rings. The first-order valence-corrected chi connectivity index (χ1v) is 8.64. The van der Waals surface area contributed by atoms with Crippen LogP contribution < -0.4 is 4.72 Å². The number of nitrogens with one attached hydrogen (secondary N) is 1. The molecule has 0 spiro atoms. The third kappa shape index (κ3) is 4.39. The maximum Gasteiger partial charge on any atom is 0.335 e. The molecule has 0 aliphatic heterocycles. The normalized spacial score (nSPS) is 12.2. The van der Waals surface area contributed by atoms with E-state index in [2.05, 4.69) is 4.72 Å². The molecule has 2 aromatic carbocycles. The van der Waals surface area contributed by atoms with E-state index in [0.717, 1.165) is 6.07 Å². The van der Waals surface area contributed by atoms with Gasteiger partial charge >= 0.3 is 5.97 Å². The van der Waals surface area contributed by atoms with Gasteiger partial charge in [-0.2, -0.15) is 0 Å². The molecule has 0 heterocycles. The lowest BCUT2D eigenvalue weighted by Crippen LogP contribution is -2.40. The zero-order chi connectivity index (χ0) is 18.1. The minimum Gasteiger partial charge on any atom is -0.478 e. The van der Waals surface area contributed by atoms with Crippen molar-refractivity contribution in [1.82, 2.24) is 4.72 Å². The van der Waals surface area contributed by atoms with Crippen molar-refractivity contribution in [2.45, 2.75) is 31.2 Å². The average Bonchev–Trinajstić information content (AvgIpc) is 2.44. The van der Waals surface area contributed by atoms with Gasteiger partial charge in [0.05, 0.1) is 10.5 Å². The largest absolute Gasteiger partial charge is 0.478 e. The van der Waals surface area contributed by atoms with Gasteiger partial charge in [-0.05, 0) is 62.2 Å². The van der Waals surface area contributed by atoms with Gasteiger partial charge in [0.25, 0.3) is 0 Å². The quantitative estimate of drug-likeness (QED) is 0.885. The number of sulfonamides is 1. The van der Waals surface area contributed by atoms with Crippen molar-refractivity contribution in [1.29, 1.82) is 0 Å². The SMILES string of the molecule is CC(C)(C)NS(=O)(=O)c1ccc(-c2cc(F)cc(C(=O)O)c2)cc1. The Bertz CT molecular complexity index is 868. The van der Waals surface area contributed by atoms with Crippen LogP contribution in [0.2, 0.25) is 0 Å². The Morgan fingerprint density at radius 3 is 2.12 bits per heavy atom. The molecule has 128 valence electrons. The maximum atomic E-state index is 13.6. The highest BCUT2D eigenvalue weighted by molar-refractivity contribution is 7.89. The Hall–Kier alpha value is -2.25. The van der Waals surface area contributed by atoms with Crippen molar-refractivity contribution in [3.63, 3.8) is 0 Å². The highest BCUT2D eigenvalue weighted by Gasteiger charge is 2.21. The number of hydrogen-bond donors (Lipinski definition) is 2. The van der Waals surface area contributed by atoms with E-state index < -0.39 is 27.3 Å². The first-order chi connectivity index (χ1) is 11.0. The second-order valence-corrected chi connectivity index (χ2v) is 8.10. The number of aromatic carboxylic acids is 1. The fraction of sp³-hybridized carbons (Fsp3) is 0.235. The maximum absolute atomic E-state index is 13.6. The van der Waals surface area contributed by atoms with E-state index in [1.807, 2.05) is 0 Å². The van der Waals surface area contributed by atoms with Gasteiger partial charge in [-0.3, -0.25) is 0 Å². The summed E-state index contributed by atoms with van der Waals surface area (Å²) >= 11 is 0. The van der Waals surface area contributed by atoms with E-state index in [1.54, 1.807) is 20.8 Å². The molecule has 0 atom stereocenters. The van der Waals surface area contributed by atoms with Crippen LogP contribution in [0.1, 0.15) is 31.1 Å². The van der Waals surface area contributed by atoms with Crippen LogP contribution in [0.4, 0.5) is 4.39 Å². The first kappa shape index (κ1) is 18.1. The number of carboxylic acids is 1. The van der Waals surface area contributed by atoms with Crippen molar-refractivity contribution in [3.8, 4) is 11.1 Å². The molecule has 0 saturated heterocycles. The van der Waals surface area contributed by atoms with E-state index in [0.29, 0.717) is 11.1 Å². The molecule has 2 rings (SSSR count). The van der Waals surface area contributed by atoms with Gasteiger partial charge in [-0.1, -0.05) is 12.1 Å². The van der Waals surface area contributed by atoms with Gasteiger partial charge in [0.15, 0.2) is 0 Å². The third-order valence-electron chi connectivity index (χ3n) is 3.08. The molecule has 5 nitrogen and oxygen atoms in total. The average molecular weight is 351 g/mol. The van der Waals surface area contributed by atoms with Crippen molar-refractivity contribution in [2.75, 3.05) is 0 Å². The summed E-state index contributed by atoms with van der Waals surface area (Å²) in [6, 6.07) is 9.28. The Labute approximate surface area is 140 Å². The summed E-state index contributed by atoms with van der Waals surface area (Å²) < 4.78 is 40.6. The minimum absolute atomic E-state index is 0.0797. The van der Waals surface area contributed by atoms with Crippen molar-refractivity contribution in [2.24, 2.45) is 0 Å². The number of hydrogen-bond acceptors (Lipinski definition) is 3. The molecular formula is C17H18FNO4S. The Kier molecular flexibility index (Phi) is 4.77. The van der Waals surface area contributed by atoms with Crippen molar-refractivity contribution >= 4 is 16.0 Å². The lowest BCUT2D eigenvalue weighted by Gasteiger charge is -2.20. The standard InChI is InChI=1S/C17H18FNO4S/c1-17(2,3)19-24(22,23)15-6-4-11(5-7-15)12-8-13(16(20)21)10-14(18)9-12/h4-10,19H,1-3H3,(H,20,21). The molecule has 0 unspecified atom stereocenters. The monoisotopic (exact) mass is 351 g/mol. The summed E-state index contributed by atoms with van der Waals surface area (Å²) in [5.74, 6) is -1.90. The fourth-order valence-corrected chi connectivity index (χ4v) is 3.59. The second-order valence-electron chi connectivity index (χ2n) is 6.41. The topological polar surface area (TPSA) is 83.5 Å². The summed E-state index contributed by atoms with van der Waals surface area (Å²) in [6.45, 7) is 5.21. The number of rotatable bonds is 4. The molecular weight excluding hydrogens is 333 g/mol. The van der Waals surface area contributed by atoms with Crippen LogP contribution in [-0.2, 0) is 10.0 Å². The van der Waals surface area contributed by atoms with Crippen molar-refractivity contribution in [3.05, 3.63) is 53.8 Å². The van der Waals surface area contributed by atoms with Gasteiger partial charge in [0.1, 0.15) is 5.82 Å². The highest BCUT2D eigenvalue weighted by Crippen LogP contribution is 2.24. The molecule has 0 aliphatic rings. The Balaban J connectivity index is 2.39. The predicted octanol–water partition coefficient (Wildman–Crippen LogP) is 3.27. The molecule has 2 N–H and O–H groups in total. The Morgan fingerprint density at radius 1 is 1.04 bits per heavy atom. The van der Waals surface area contributed by atoms with E-state index in [4.69, 9.17) is 5.11 Å². The summed E-state index contributed by atoms with van der Waals surface area (Å²) in [5, 5.41) is 8.99. The molecule has 7 heteroatoms. The van der Waals surface area contributed by atoms with Crippen LogP contribution in [0.25, 0.3) is 11.1 Å². The zero-order valence-corrected chi connectivity index (χ0v) is 14.3. The van der Waals surface area contributed by atoms with E-state index in [9.17, 15) is 17.6 Å². The predicted molar refractivity (Wildman–Crippen MR) is 88.9 cm³/mol. The first-order valence-electron chi connectivity index (χ1n) is 7.16. The second kappa shape index (κ2) is 6.33. The lowest BCUT2D eigenvalue weighted by molar-refractivity contribution is 0.0696. The molecule has 0 saturated carbocycles.